The van der Waals surface area contributed by atoms with Crippen molar-refractivity contribution in [2.75, 3.05) is 0 Å². The van der Waals surface area contributed by atoms with Gasteiger partial charge in [-0.1, -0.05) is 24.3 Å². The first-order valence-corrected chi connectivity index (χ1v) is 8.83. The SMILES string of the molecule is CC(=O)CCc1oc2cc(-c3cccnc3)ccc2c1-c1ccc(F)cc1.Cl. The maximum atomic E-state index is 13.4. The predicted octanol–water partition coefficient (Wildman–Crippen LogP) is 6.24. The minimum atomic E-state index is -0.282. The Morgan fingerprint density at radius 3 is 2.46 bits per heavy atom. The lowest BCUT2D eigenvalue weighted by atomic mass is 9.98. The zero-order valence-corrected chi connectivity index (χ0v) is 16.1. The van der Waals surface area contributed by atoms with E-state index in [0.717, 1.165) is 39.0 Å². The van der Waals surface area contributed by atoms with E-state index in [-0.39, 0.29) is 24.0 Å². The quantitative estimate of drug-likeness (QED) is 0.401. The second kappa shape index (κ2) is 8.36. The first-order chi connectivity index (χ1) is 13.1. The van der Waals surface area contributed by atoms with Crippen LogP contribution in [-0.2, 0) is 11.2 Å². The van der Waals surface area contributed by atoms with Crippen LogP contribution < -0.4 is 0 Å². The van der Waals surface area contributed by atoms with Crippen molar-refractivity contribution in [2.45, 2.75) is 19.8 Å². The number of Topliss-reactive ketones (excluding diaryl/α,β-unsaturated/α-hetero) is 1. The number of hydrogen-bond acceptors (Lipinski definition) is 3. The average molecular weight is 396 g/mol. The number of halogens is 2. The molecule has 28 heavy (non-hydrogen) atoms. The molecule has 0 saturated heterocycles. The van der Waals surface area contributed by atoms with Crippen LogP contribution in [0.15, 0.2) is 71.4 Å². The van der Waals surface area contributed by atoms with Crippen LogP contribution in [-0.4, -0.2) is 10.8 Å². The summed E-state index contributed by atoms with van der Waals surface area (Å²) in [5.74, 6) is 0.572. The molecule has 2 heterocycles. The molecular weight excluding hydrogens is 377 g/mol. The molecule has 0 bridgehead atoms. The molecule has 2 aromatic heterocycles. The summed E-state index contributed by atoms with van der Waals surface area (Å²) in [5, 5.41) is 0.952. The number of aromatic nitrogens is 1. The molecule has 0 spiro atoms. The molecule has 0 saturated carbocycles. The first kappa shape index (κ1) is 19.8. The van der Waals surface area contributed by atoms with Crippen LogP contribution in [0.25, 0.3) is 33.2 Å². The molecule has 4 rings (SSSR count). The number of carbonyl (C=O) groups excluding carboxylic acids is 1. The van der Waals surface area contributed by atoms with Crippen LogP contribution in [0.1, 0.15) is 19.1 Å². The van der Waals surface area contributed by atoms with Gasteiger partial charge in [0.15, 0.2) is 0 Å². The summed E-state index contributed by atoms with van der Waals surface area (Å²) in [6.45, 7) is 1.57. The molecule has 0 aliphatic rings. The molecule has 0 fully saturated rings. The second-order valence-electron chi connectivity index (χ2n) is 6.56. The van der Waals surface area contributed by atoms with Crippen LogP contribution in [0, 0.1) is 5.82 Å². The van der Waals surface area contributed by atoms with E-state index < -0.39 is 0 Å². The van der Waals surface area contributed by atoms with Gasteiger partial charge in [0.2, 0.25) is 0 Å². The van der Waals surface area contributed by atoms with Crippen LogP contribution in [0.3, 0.4) is 0 Å². The monoisotopic (exact) mass is 395 g/mol. The highest BCUT2D eigenvalue weighted by Crippen LogP contribution is 2.37. The van der Waals surface area contributed by atoms with Crippen LogP contribution in [0.5, 0.6) is 0 Å². The van der Waals surface area contributed by atoms with Gasteiger partial charge in [0.05, 0.1) is 0 Å². The van der Waals surface area contributed by atoms with Gasteiger partial charge in [-0.3, -0.25) is 4.98 Å². The van der Waals surface area contributed by atoms with Gasteiger partial charge < -0.3 is 9.21 Å². The highest BCUT2D eigenvalue weighted by molar-refractivity contribution is 5.97. The Morgan fingerprint density at radius 2 is 1.79 bits per heavy atom. The van der Waals surface area contributed by atoms with Crippen molar-refractivity contribution in [1.29, 1.82) is 0 Å². The molecule has 0 amide bonds. The molecule has 3 nitrogen and oxygen atoms in total. The maximum absolute atomic E-state index is 13.4. The molecule has 5 heteroatoms. The number of ketones is 1. The van der Waals surface area contributed by atoms with E-state index in [1.54, 1.807) is 25.3 Å². The molecule has 0 unspecified atom stereocenters. The van der Waals surface area contributed by atoms with Gasteiger partial charge in [0.25, 0.3) is 0 Å². The fourth-order valence-corrected chi connectivity index (χ4v) is 3.26. The number of nitrogens with zero attached hydrogens (tertiary/aromatic N) is 1. The summed E-state index contributed by atoms with van der Waals surface area (Å²) < 4.78 is 19.5. The summed E-state index contributed by atoms with van der Waals surface area (Å²) in [4.78, 5) is 15.6. The van der Waals surface area contributed by atoms with E-state index in [1.165, 1.54) is 12.1 Å². The lowest BCUT2D eigenvalue weighted by molar-refractivity contribution is -0.117. The molecule has 2 aromatic carbocycles. The van der Waals surface area contributed by atoms with E-state index >= 15 is 0 Å². The number of hydrogen-bond donors (Lipinski definition) is 0. The molecule has 0 radical (unpaired) electrons. The van der Waals surface area contributed by atoms with Crippen molar-refractivity contribution in [3.63, 3.8) is 0 Å². The van der Waals surface area contributed by atoms with Gasteiger partial charge in [-0.05, 0) is 48.4 Å². The van der Waals surface area contributed by atoms with E-state index in [2.05, 4.69) is 4.98 Å². The predicted molar refractivity (Wildman–Crippen MR) is 111 cm³/mol. The Labute approximate surface area is 168 Å². The van der Waals surface area contributed by atoms with E-state index in [0.29, 0.717) is 12.8 Å². The number of carbonyl (C=O) groups is 1. The van der Waals surface area contributed by atoms with Crippen molar-refractivity contribution in [1.82, 2.24) is 4.98 Å². The van der Waals surface area contributed by atoms with Gasteiger partial charge in [0, 0.05) is 41.7 Å². The molecule has 0 atom stereocenters. The van der Waals surface area contributed by atoms with Gasteiger partial charge >= 0.3 is 0 Å². The highest BCUT2D eigenvalue weighted by atomic mass is 35.5. The van der Waals surface area contributed by atoms with Gasteiger partial charge in [-0.15, -0.1) is 12.4 Å². The maximum Gasteiger partial charge on any atom is 0.135 e. The van der Waals surface area contributed by atoms with Gasteiger partial charge in [-0.2, -0.15) is 0 Å². The lowest BCUT2D eigenvalue weighted by Gasteiger charge is -2.04. The Kier molecular flexibility index (Phi) is 5.90. The zero-order valence-electron chi connectivity index (χ0n) is 15.3. The molecule has 0 N–H and O–H groups in total. The Morgan fingerprint density at radius 1 is 1.04 bits per heavy atom. The minimum Gasteiger partial charge on any atom is -0.460 e. The summed E-state index contributed by atoms with van der Waals surface area (Å²) in [6, 6.07) is 16.3. The molecule has 4 aromatic rings. The summed E-state index contributed by atoms with van der Waals surface area (Å²) in [7, 11) is 0. The number of rotatable bonds is 5. The fraction of sp³-hybridized carbons (Fsp3) is 0.130. The normalized spacial score (nSPS) is 10.6. The van der Waals surface area contributed by atoms with Crippen molar-refractivity contribution in [3.8, 4) is 22.3 Å². The zero-order chi connectivity index (χ0) is 18.8. The number of benzene rings is 2. The number of aryl methyl sites for hydroxylation is 1. The minimum absolute atomic E-state index is 0. The van der Waals surface area contributed by atoms with Crippen LogP contribution in [0.2, 0.25) is 0 Å². The molecule has 0 aliphatic carbocycles. The smallest absolute Gasteiger partial charge is 0.135 e. The number of furan rings is 1. The van der Waals surface area contributed by atoms with Crippen LogP contribution >= 0.6 is 12.4 Å². The summed E-state index contributed by atoms with van der Waals surface area (Å²) in [5.41, 5.74) is 4.55. The Hall–Kier alpha value is -2.98. The highest BCUT2D eigenvalue weighted by Gasteiger charge is 2.17. The largest absolute Gasteiger partial charge is 0.460 e. The third-order valence-electron chi connectivity index (χ3n) is 4.59. The van der Waals surface area contributed by atoms with Crippen molar-refractivity contribution >= 4 is 29.2 Å². The molecule has 0 aliphatic heterocycles. The van der Waals surface area contributed by atoms with Gasteiger partial charge in [-0.25, -0.2) is 4.39 Å². The van der Waals surface area contributed by atoms with Crippen LogP contribution in [0.4, 0.5) is 4.39 Å². The number of fused-ring (bicyclic) bond motifs is 1. The number of pyridine rings is 1. The molecule has 142 valence electrons. The lowest BCUT2D eigenvalue weighted by Crippen LogP contribution is -1.94. The summed E-state index contributed by atoms with van der Waals surface area (Å²) in [6.07, 6.45) is 4.46. The third kappa shape index (κ3) is 3.97. The third-order valence-corrected chi connectivity index (χ3v) is 4.59. The van der Waals surface area contributed by atoms with Crippen molar-refractivity contribution < 1.29 is 13.6 Å². The Bertz CT molecular complexity index is 1100. The first-order valence-electron chi connectivity index (χ1n) is 8.83. The standard InChI is InChI=1S/C23H18FNO2.ClH/c1-15(26)4-11-21-23(16-5-8-19(24)9-6-16)20-10-7-17(13-22(20)27-21)18-3-2-12-25-14-18;/h2-3,5-10,12-14H,4,11H2,1H3;1H. The molecular formula is C23H19ClFNO2. The topological polar surface area (TPSA) is 43.1 Å². The van der Waals surface area contributed by atoms with E-state index in [1.807, 2.05) is 36.5 Å². The Balaban J connectivity index is 0.00000225. The van der Waals surface area contributed by atoms with Crippen molar-refractivity contribution in [3.05, 3.63) is 78.6 Å². The average Bonchev–Trinajstić information content (AvgIpc) is 3.05. The summed E-state index contributed by atoms with van der Waals surface area (Å²) >= 11 is 0. The van der Waals surface area contributed by atoms with E-state index in [9.17, 15) is 9.18 Å². The van der Waals surface area contributed by atoms with E-state index in [4.69, 9.17) is 4.42 Å². The second-order valence-corrected chi connectivity index (χ2v) is 6.56. The fourth-order valence-electron chi connectivity index (χ4n) is 3.26. The van der Waals surface area contributed by atoms with Gasteiger partial charge in [0.1, 0.15) is 22.9 Å². The van der Waals surface area contributed by atoms with Crippen molar-refractivity contribution in [2.24, 2.45) is 0 Å².